The van der Waals surface area contributed by atoms with Crippen LogP contribution in [0.25, 0.3) is 0 Å². The van der Waals surface area contributed by atoms with Gasteiger partial charge >= 0.3 is 5.97 Å². The van der Waals surface area contributed by atoms with E-state index in [9.17, 15) is 9.90 Å². The molecule has 1 aromatic rings. The summed E-state index contributed by atoms with van der Waals surface area (Å²) < 4.78 is 0. The molecule has 2 atom stereocenters. The second-order valence-corrected chi connectivity index (χ2v) is 5.43. The van der Waals surface area contributed by atoms with Gasteiger partial charge in [-0.25, -0.2) is 0 Å². The minimum atomic E-state index is -0.614. The fourth-order valence-corrected chi connectivity index (χ4v) is 3.47. The Morgan fingerprint density at radius 1 is 1.22 bits per heavy atom. The van der Waals surface area contributed by atoms with Gasteiger partial charge in [-0.05, 0) is 30.4 Å². The third-order valence-corrected chi connectivity index (χ3v) is 4.43. The van der Waals surface area contributed by atoms with Gasteiger partial charge < -0.3 is 5.11 Å². The molecule has 0 amide bonds. The first-order valence-corrected chi connectivity index (χ1v) is 6.79. The number of fused-ring (bicyclic) bond motifs is 1. The highest BCUT2D eigenvalue weighted by Crippen LogP contribution is 2.33. The first-order valence-electron chi connectivity index (χ1n) is 6.79. The minimum Gasteiger partial charge on any atom is -0.481 e. The Kier molecular flexibility index (Phi) is 3.08. The van der Waals surface area contributed by atoms with Gasteiger partial charge in [-0.2, -0.15) is 0 Å². The average Bonchev–Trinajstić information content (AvgIpc) is 2.87. The van der Waals surface area contributed by atoms with E-state index in [4.69, 9.17) is 0 Å². The first-order chi connectivity index (χ1) is 8.75. The van der Waals surface area contributed by atoms with Crippen LogP contribution in [0.2, 0.25) is 0 Å². The van der Waals surface area contributed by atoms with Crippen molar-refractivity contribution in [3.8, 4) is 0 Å². The molecule has 2 unspecified atom stereocenters. The topological polar surface area (TPSA) is 40.5 Å². The van der Waals surface area contributed by atoms with Crippen LogP contribution in [0.15, 0.2) is 24.3 Å². The van der Waals surface area contributed by atoms with Gasteiger partial charge in [0.1, 0.15) is 0 Å². The predicted octanol–water partition coefficient (Wildman–Crippen LogP) is 2.30. The van der Waals surface area contributed by atoms with E-state index in [0.29, 0.717) is 0 Å². The molecular weight excluding hydrogens is 226 g/mol. The molecule has 0 radical (unpaired) electrons. The number of rotatable bonds is 2. The molecule has 1 aromatic carbocycles. The predicted molar refractivity (Wildman–Crippen MR) is 69.3 cm³/mol. The van der Waals surface area contributed by atoms with E-state index in [1.807, 2.05) is 0 Å². The van der Waals surface area contributed by atoms with Gasteiger partial charge in [0.25, 0.3) is 0 Å². The van der Waals surface area contributed by atoms with Crippen LogP contribution >= 0.6 is 0 Å². The molecular formula is C15H19NO2. The van der Waals surface area contributed by atoms with Crippen LogP contribution in [0.4, 0.5) is 0 Å². The molecule has 0 aromatic heterocycles. The van der Waals surface area contributed by atoms with Crippen LogP contribution in [0.3, 0.4) is 0 Å². The van der Waals surface area contributed by atoms with Gasteiger partial charge in [-0.1, -0.05) is 30.7 Å². The SMILES string of the molecule is O=C(O)C1CCCC1N1CCc2ccccc2C1. The Bertz CT molecular complexity index is 458. The molecule has 1 fully saturated rings. The van der Waals surface area contributed by atoms with Crippen LogP contribution in [-0.4, -0.2) is 28.6 Å². The highest BCUT2D eigenvalue weighted by molar-refractivity contribution is 5.71. The minimum absolute atomic E-state index is 0.157. The second-order valence-electron chi connectivity index (χ2n) is 5.43. The van der Waals surface area contributed by atoms with Gasteiger partial charge in [0.15, 0.2) is 0 Å². The van der Waals surface area contributed by atoms with E-state index in [0.717, 1.165) is 38.8 Å². The molecule has 3 rings (SSSR count). The third kappa shape index (κ3) is 2.03. The number of carbonyl (C=O) groups is 1. The first kappa shape index (κ1) is 11.7. The summed E-state index contributed by atoms with van der Waals surface area (Å²) in [6, 6.07) is 8.77. The van der Waals surface area contributed by atoms with Gasteiger partial charge in [0, 0.05) is 19.1 Å². The number of carboxylic acids is 1. The maximum atomic E-state index is 11.3. The molecule has 96 valence electrons. The van der Waals surface area contributed by atoms with Gasteiger partial charge in [0.2, 0.25) is 0 Å². The molecule has 1 saturated carbocycles. The van der Waals surface area contributed by atoms with Crippen molar-refractivity contribution in [1.29, 1.82) is 0 Å². The van der Waals surface area contributed by atoms with E-state index in [1.165, 1.54) is 11.1 Å². The van der Waals surface area contributed by atoms with E-state index >= 15 is 0 Å². The largest absolute Gasteiger partial charge is 0.481 e. The smallest absolute Gasteiger partial charge is 0.308 e. The summed E-state index contributed by atoms with van der Waals surface area (Å²) in [7, 11) is 0. The maximum Gasteiger partial charge on any atom is 0.308 e. The van der Waals surface area contributed by atoms with E-state index in [2.05, 4.69) is 29.2 Å². The lowest BCUT2D eigenvalue weighted by molar-refractivity contribution is -0.143. The molecule has 0 saturated heterocycles. The van der Waals surface area contributed by atoms with Crippen molar-refractivity contribution >= 4 is 5.97 Å². The second kappa shape index (κ2) is 4.73. The van der Waals surface area contributed by atoms with Crippen molar-refractivity contribution in [2.24, 2.45) is 5.92 Å². The summed E-state index contributed by atoms with van der Waals surface area (Å²) in [5, 5.41) is 9.28. The lowest BCUT2D eigenvalue weighted by Gasteiger charge is -2.35. The number of benzene rings is 1. The number of nitrogens with zero attached hydrogens (tertiary/aromatic N) is 1. The number of aliphatic carboxylic acids is 1. The fraction of sp³-hybridized carbons (Fsp3) is 0.533. The molecule has 3 heteroatoms. The number of hydrogen-bond acceptors (Lipinski definition) is 2. The van der Waals surface area contributed by atoms with Crippen molar-refractivity contribution in [3.63, 3.8) is 0 Å². The summed E-state index contributed by atoms with van der Waals surface area (Å²) in [4.78, 5) is 13.7. The average molecular weight is 245 g/mol. The van der Waals surface area contributed by atoms with Crippen molar-refractivity contribution in [2.75, 3.05) is 6.54 Å². The van der Waals surface area contributed by atoms with Crippen molar-refractivity contribution in [1.82, 2.24) is 4.90 Å². The monoisotopic (exact) mass is 245 g/mol. The molecule has 0 spiro atoms. The molecule has 1 aliphatic heterocycles. The maximum absolute atomic E-state index is 11.3. The third-order valence-electron chi connectivity index (χ3n) is 4.43. The molecule has 1 N–H and O–H groups in total. The Morgan fingerprint density at radius 3 is 2.78 bits per heavy atom. The van der Waals surface area contributed by atoms with E-state index in [-0.39, 0.29) is 12.0 Å². The molecule has 1 aliphatic carbocycles. The summed E-state index contributed by atoms with van der Waals surface area (Å²) >= 11 is 0. The standard InChI is InChI=1S/C15H19NO2/c17-15(18)13-6-3-7-14(13)16-9-8-11-4-1-2-5-12(11)10-16/h1-2,4-5,13-14H,3,6-10H2,(H,17,18). The lowest BCUT2D eigenvalue weighted by Crippen LogP contribution is -2.43. The van der Waals surface area contributed by atoms with Crippen molar-refractivity contribution < 1.29 is 9.90 Å². The summed E-state index contributed by atoms with van der Waals surface area (Å²) in [6.45, 7) is 1.93. The van der Waals surface area contributed by atoms with Crippen LogP contribution in [0.5, 0.6) is 0 Å². The zero-order valence-corrected chi connectivity index (χ0v) is 10.5. The quantitative estimate of drug-likeness (QED) is 0.869. The van der Waals surface area contributed by atoms with Crippen LogP contribution in [0, 0.1) is 5.92 Å². The summed E-state index contributed by atoms with van der Waals surface area (Å²) in [5.41, 5.74) is 2.80. The zero-order chi connectivity index (χ0) is 12.5. The van der Waals surface area contributed by atoms with Gasteiger partial charge in [-0.15, -0.1) is 0 Å². The highest BCUT2D eigenvalue weighted by Gasteiger charge is 2.37. The number of hydrogen-bond donors (Lipinski definition) is 1. The Hall–Kier alpha value is -1.35. The Balaban J connectivity index is 1.77. The Labute approximate surface area is 107 Å². The molecule has 3 nitrogen and oxygen atoms in total. The molecule has 0 bridgehead atoms. The molecule has 18 heavy (non-hydrogen) atoms. The summed E-state index contributed by atoms with van der Waals surface area (Å²) in [5.74, 6) is -0.772. The zero-order valence-electron chi connectivity index (χ0n) is 10.5. The van der Waals surface area contributed by atoms with Crippen LogP contribution in [0.1, 0.15) is 30.4 Å². The highest BCUT2D eigenvalue weighted by atomic mass is 16.4. The lowest BCUT2D eigenvalue weighted by atomic mass is 9.95. The van der Waals surface area contributed by atoms with Gasteiger partial charge in [0.05, 0.1) is 5.92 Å². The van der Waals surface area contributed by atoms with Gasteiger partial charge in [-0.3, -0.25) is 9.69 Å². The Morgan fingerprint density at radius 2 is 2.00 bits per heavy atom. The van der Waals surface area contributed by atoms with Crippen LogP contribution < -0.4 is 0 Å². The van der Waals surface area contributed by atoms with Crippen molar-refractivity contribution in [3.05, 3.63) is 35.4 Å². The number of carboxylic acid groups (broad SMARTS) is 1. The van der Waals surface area contributed by atoms with Crippen molar-refractivity contribution in [2.45, 2.75) is 38.3 Å². The van der Waals surface area contributed by atoms with E-state index in [1.54, 1.807) is 0 Å². The summed E-state index contributed by atoms with van der Waals surface area (Å²) in [6.07, 6.45) is 4.00. The molecule has 2 aliphatic rings. The normalized spacial score (nSPS) is 28.0. The fourth-order valence-electron chi connectivity index (χ4n) is 3.47. The van der Waals surface area contributed by atoms with Crippen LogP contribution in [-0.2, 0) is 17.8 Å². The van der Waals surface area contributed by atoms with E-state index < -0.39 is 5.97 Å². The molecule has 1 heterocycles.